The first-order valence-electron chi connectivity index (χ1n) is 2.99. The van der Waals surface area contributed by atoms with E-state index in [1.807, 2.05) is 12.2 Å². The maximum absolute atomic E-state index is 8.69. The van der Waals surface area contributed by atoms with Crippen molar-refractivity contribution < 1.29 is 5.11 Å². The lowest BCUT2D eigenvalue weighted by molar-refractivity contribution is 0.326. The molecule has 0 fully saturated rings. The van der Waals surface area contributed by atoms with E-state index in [1.165, 1.54) is 0 Å². The lowest BCUT2D eigenvalue weighted by atomic mass is 10.1. The number of hydrogen-bond donors (Lipinski definition) is 1. The van der Waals surface area contributed by atoms with Gasteiger partial charge in [0.15, 0.2) is 0 Å². The summed E-state index contributed by atoms with van der Waals surface area (Å²) in [7, 11) is 0. The van der Waals surface area contributed by atoms with E-state index >= 15 is 0 Å². The minimum atomic E-state index is 0.100. The monoisotopic (exact) mass is 144 g/mol. The molecule has 1 N–H and O–H groups in total. The summed E-state index contributed by atoms with van der Waals surface area (Å²) in [6.07, 6.45) is 5.77. The Kier molecular flexibility index (Phi) is 2.31. The van der Waals surface area contributed by atoms with E-state index in [-0.39, 0.29) is 6.61 Å². The summed E-state index contributed by atoms with van der Waals surface area (Å²) < 4.78 is 0. The van der Waals surface area contributed by atoms with E-state index in [1.54, 1.807) is 0 Å². The Morgan fingerprint density at radius 3 is 2.89 bits per heavy atom. The molecule has 1 rings (SSSR count). The highest BCUT2D eigenvalue weighted by atomic mass is 35.5. The van der Waals surface area contributed by atoms with Gasteiger partial charge >= 0.3 is 0 Å². The van der Waals surface area contributed by atoms with Crippen LogP contribution >= 0.6 is 11.6 Å². The molecule has 50 valence electrons. The molecule has 0 aromatic carbocycles. The molecule has 0 aromatic heterocycles. The summed E-state index contributed by atoms with van der Waals surface area (Å²) in [6, 6.07) is 0. The summed E-state index contributed by atoms with van der Waals surface area (Å²) in [6.45, 7) is 0.100. The molecule has 0 saturated heterocycles. The van der Waals surface area contributed by atoms with Gasteiger partial charge in [-0.2, -0.15) is 0 Å². The third kappa shape index (κ3) is 1.57. The van der Waals surface area contributed by atoms with Crippen LogP contribution in [0.15, 0.2) is 22.8 Å². The summed E-state index contributed by atoms with van der Waals surface area (Å²) in [5.74, 6) is 0. The molecule has 0 aromatic rings. The van der Waals surface area contributed by atoms with E-state index in [9.17, 15) is 0 Å². The van der Waals surface area contributed by atoms with Crippen molar-refractivity contribution in [2.45, 2.75) is 12.8 Å². The number of aliphatic hydroxyl groups is 1. The van der Waals surface area contributed by atoms with Gasteiger partial charge in [-0.15, -0.1) is 0 Å². The quantitative estimate of drug-likeness (QED) is 0.595. The first-order chi connectivity index (χ1) is 4.34. The normalized spacial score (nSPS) is 18.9. The highest BCUT2D eigenvalue weighted by Gasteiger charge is 2.03. The third-order valence-corrected chi connectivity index (χ3v) is 1.80. The first-order valence-corrected chi connectivity index (χ1v) is 3.37. The maximum Gasteiger partial charge on any atom is 0.0659 e. The van der Waals surface area contributed by atoms with Crippen molar-refractivity contribution in [1.29, 1.82) is 0 Å². The highest BCUT2D eigenvalue weighted by Crippen LogP contribution is 2.20. The van der Waals surface area contributed by atoms with Crippen molar-refractivity contribution in [3.63, 3.8) is 0 Å². The zero-order valence-corrected chi connectivity index (χ0v) is 5.86. The molecule has 1 aliphatic carbocycles. The van der Waals surface area contributed by atoms with Gasteiger partial charge in [0, 0.05) is 5.03 Å². The molecule has 0 amide bonds. The molecule has 2 heteroatoms. The molecule has 1 aliphatic rings. The van der Waals surface area contributed by atoms with Gasteiger partial charge in [0.2, 0.25) is 0 Å². The molecular weight excluding hydrogens is 136 g/mol. The van der Waals surface area contributed by atoms with Gasteiger partial charge in [-0.1, -0.05) is 17.7 Å². The number of hydrogen-bond acceptors (Lipinski definition) is 1. The Bertz CT molecular complexity index is 158. The second-order valence-corrected chi connectivity index (χ2v) is 2.46. The molecule has 0 spiro atoms. The summed E-state index contributed by atoms with van der Waals surface area (Å²) >= 11 is 5.72. The van der Waals surface area contributed by atoms with Gasteiger partial charge < -0.3 is 5.11 Å². The molecular formula is C7H9ClO. The van der Waals surface area contributed by atoms with Crippen LogP contribution in [0.3, 0.4) is 0 Å². The second-order valence-electron chi connectivity index (χ2n) is 2.05. The summed E-state index contributed by atoms with van der Waals surface area (Å²) in [5.41, 5.74) is 0.958. The predicted octanol–water partition coefficient (Wildman–Crippen LogP) is 1.82. The zero-order chi connectivity index (χ0) is 6.69. The fourth-order valence-electron chi connectivity index (χ4n) is 0.836. The van der Waals surface area contributed by atoms with Crippen molar-refractivity contribution in [2.75, 3.05) is 6.61 Å². The van der Waals surface area contributed by atoms with E-state index in [2.05, 4.69) is 0 Å². The third-order valence-electron chi connectivity index (χ3n) is 1.41. The van der Waals surface area contributed by atoms with Crippen molar-refractivity contribution in [1.82, 2.24) is 0 Å². The minimum Gasteiger partial charge on any atom is -0.392 e. The lowest BCUT2D eigenvalue weighted by Crippen LogP contribution is -1.95. The largest absolute Gasteiger partial charge is 0.392 e. The highest BCUT2D eigenvalue weighted by molar-refractivity contribution is 6.31. The maximum atomic E-state index is 8.69. The molecule has 0 atom stereocenters. The zero-order valence-electron chi connectivity index (χ0n) is 5.10. The second kappa shape index (κ2) is 3.04. The van der Waals surface area contributed by atoms with Crippen LogP contribution in [0.25, 0.3) is 0 Å². The predicted molar refractivity (Wildman–Crippen MR) is 38.3 cm³/mol. The van der Waals surface area contributed by atoms with Crippen molar-refractivity contribution in [3.05, 3.63) is 22.8 Å². The van der Waals surface area contributed by atoms with Crippen LogP contribution in [0, 0.1) is 0 Å². The fourth-order valence-corrected chi connectivity index (χ4v) is 1.08. The van der Waals surface area contributed by atoms with Gasteiger partial charge in [0.25, 0.3) is 0 Å². The minimum absolute atomic E-state index is 0.100. The number of rotatable bonds is 1. The Balaban J connectivity index is 2.72. The topological polar surface area (TPSA) is 20.2 Å². The Labute approximate surface area is 59.6 Å². The molecule has 0 unspecified atom stereocenters. The standard InChI is InChI=1S/C7H9ClO/c8-7-4-2-1-3-6(7)5-9/h2,4,9H,1,3,5H2. The van der Waals surface area contributed by atoms with Crippen molar-refractivity contribution in [2.24, 2.45) is 0 Å². The van der Waals surface area contributed by atoms with Crippen molar-refractivity contribution >= 4 is 11.6 Å². The molecule has 0 aliphatic heterocycles. The van der Waals surface area contributed by atoms with Gasteiger partial charge in [0.05, 0.1) is 6.61 Å². The van der Waals surface area contributed by atoms with Crippen LogP contribution in [-0.4, -0.2) is 11.7 Å². The van der Waals surface area contributed by atoms with Crippen LogP contribution in [0.1, 0.15) is 12.8 Å². The summed E-state index contributed by atoms with van der Waals surface area (Å²) in [5, 5.41) is 9.40. The van der Waals surface area contributed by atoms with Gasteiger partial charge in [-0.25, -0.2) is 0 Å². The number of aliphatic hydroxyl groups excluding tert-OH is 1. The van der Waals surface area contributed by atoms with Crippen LogP contribution < -0.4 is 0 Å². The smallest absolute Gasteiger partial charge is 0.0659 e. The average molecular weight is 145 g/mol. The Morgan fingerprint density at radius 1 is 1.67 bits per heavy atom. The lowest BCUT2D eigenvalue weighted by Gasteiger charge is -2.07. The van der Waals surface area contributed by atoms with Crippen LogP contribution in [-0.2, 0) is 0 Å². The summed E-state index contributed by atoms with van der Waals surface area (Å²) in [4.78, 5) is 0. The number of allylic oxidation sites excluding steroid dienone is 3. The van der Waals surface area contributed by atoms with Crippen LogP contribution in [0.2, 0.25) is 0 Å². The first kappa shape index (κ1) is 6.84. The SMILES string of the molecule is OCC1=C(Cl)C=CCC1. The van der Waals surface area contributed by atoms with E-state index in [4.69, 9.17) is 16.7 Å². The van der Waals surface area contributed by atoms with Crippen LogP contribution in [0.5, 0.6) is 0 Å². The van der Waals surface area contributed by atoms with E-state index in [0.717, 1.165) is 18.4 Å². The molecule has 0 radical (unpaired) electrons. The molecule has 9 heavy (non-hydrogen) atoms. The molecule has 0 bridgehead atoms. The Hall–Kier alpha value is -0.270. The Morgan fingerprint density at radius 2 is 2.44 bits per heavy atom. The van der Waals surface area contributed by atoms with Gasteiger partial charge in [0.1, 0.15) is 0 Å². The average Bonchev–Trinajstić information content (AvgIpc) is 1.89. The van der Waals surface area contributed by atoms with Crippen LogP contribution in [0.4, 0.5) is 0 Å². The van der Waals surface area contributed by atoms with E-state index < -0.39 is 0 Å². The van der Waals surface area contributed by atoms with E-state index in [0.29, 0.717) is 5.03 Å². The molecule has 1 nitrogen and oxygen atoms in total. The fraction of sp³-hybridized carbons (Fsp3) is 0.429. The molecule has 0 saturated carbocycles. The van der Waals surface area contributed by atoms with Gasteiger partial charge in [-0.05, 0) is 24.5 Å². The molecule has 0 heterocycles. The number of halogens is 1. The van der Waals surface area contributed by atoms with Crippen molar-refractivity contribution in [3.8, 4) is 0 Å². The van der Waals surface area contributed by atoms with Gasteiger partial charge in [-0.3, -0.25) is 0 Å².